The second-order valence-corrected chi connectivity index (χ2v) is 6.93. The lowest BCUT2D eigenvalue weighted by Gasteiger charge is -2.09. The summed E-state index contributed by atoms with van der Waals surface area (Å²) in [5.74, 6) is 0.837. The van der Waals surface area contributed by atoms with E-state index < -0.39 is 4.92 Å². The van der Waals surface area contributed by atoms with Gasteiger partial charge in [0.1, 0.15) is 6.33 Å². The number of rotatable bonds is 7. The van der Waals surface area contributed by atoms with Gasteiger partial charge in [0.2, 0.25) is 11.6 Å². The third kappa shape index (κ3) is 4.00. The number of hydrogen-bond donors (Lipinski definition) is 2. The quantitative estimate of drug-likeness (QED) is 0.481. The number of aromatic nitrogens is 3. The summed E-state index contributed by atoms with van der Waals surface area (Å²) in [5.41, 5.74) is 0.660. The van der Waals surface area contributed by atoms with Gasteiger partial charge in [-0.2, -0.15) is 0 Å². The minimum absolute atomic E-state index is 0.131. The standard InChI is InChI=1S/C16H18N6O2S/c1-10(2)7-8-17-14-13(22(23)24)15(19-9-18-14)21-16-20-11-5-3-4-6-12(11)25-16/h3-6,9-10H,7-8H2,1-2H3,(H2,17,18,19,20,21). The van der Waals surface area contributed by atoms with Crippen LogP contribution < -0.4 is 10.6 Å². The van der Waals surface area contributed by atoms with Crippen LogP contribution in [0.25, 0.3) is 10.2 Å². The van der Waals surface area contributed by atoms with Crippen LogP contribution in [0.2, 0.25) is 0 Å². The fourth-order valence-electron chi connectivity index (χ4n) is 2.28. The minimum Gasteiger partial charge on any atom is -0.364 e. The van der Waals surface area contributed by atoms with Crippen LogP contribution in [-0.4, -0.2) is 26.4 Å². The zero-order valence-corrected chi connectivity index (χ0v) is 14.7. The molecule has 0 amide bonds. The fourth-order valence-corrected chi connectivity index (χ4v) is 3.14. The van der Waals surface area contributed by atoms with Crippen LogP contribution in [0, 0.1) is 16.0 Å². The van der Waals surface area contributed by atoms with E-state index in [0.29, 0.717) is 17.6 Å². The molecule has 0 bridgehead atoms. The van der Waals surface area contributed by atoms with Crippen LogP contribution in [0.3, 0.4) is 0 Å². The summed E-state index contributed by atoms with van der Waals surface area (Å²) in [4.78, 5) is 23.5. The number of fused-ring (bicyclic) bond motifs is 1. The Balaban J connectivity index is 1.88. The maximum Gasteiger partial charge on any atom is 0.353 e. The van der Waals surface area contributed by atoms with Gasteiger partial charge in [0, 0.05) is 6.54 Å². The molecule has 1 aromatic carbocycles. The molecule has 0 aliphatic rings. The van der Waals surface area contributed by atoms with Crippen LogP contribution in [0.1, 0.15) is 20.3 Å². The average molecular weight is 358 g/mol. The summed E-state index contributed by atoms with van der Waals surface area (Å²) in [5, 5.41) is 18.1. The van der Waals surface area contributed by atoms with Crippen molar-refractivity contribution < 1.29 is 4.92 Å². The minimum atomic E-state index is -0.479. The molecule has 0 aliphatic carbocycles. The fraction of sp³-hybridized carbons (Fsp3) is 0.312. The van der Waals surface area contributed by atoms with Gasteiger partial charge in [-0.1, -0.05) is 37.3 Å². The first-order chi connectivity index (χ1) is 12.0. The SMILES string of the molecule is CC(C)CCNc1ncnc(Nc2nc3ccccc3s2)c1[N+](=O)[O-]. The highest BCUT2D eigenvalue weighted by Crippen LogP contribution is 2.33. The monoisotopic (exact) mass is 358 g/mol. The van der Waals surface area contributed by atoms with Crippen LogP contribution in [0.5, 0.6) is 0 Å². The molecule has 2 N–H and O–H groups in total. The first-order valence-corrected chi connectivity index (χ1v) is 8.72. The highest BCUT2D eigenvalue weighted by molar-refractivity contribution is 7.22. The van der Waals surface area contributed by atoms with E-state index in [-0.39, 0.29) is 17.3 Å². The van der Waals surface area contributed by atoms with Gasteiger partial charge in [-0.3, -0.25) is 10.1 Å². The van der Waals surface area contributed by atoms with Gasteiger partial charge in [-0.25, -0.2) is 15.0 Å². The van der Waals surface area contributed by atoms with Gasteiger partial charge in [0.15, 0.2) is 5.13 Å². The van der Waals surface area contributed by atoms with Crippen molar-refractivity contribution in [3.63, 3.8) is 0 Å². The van der Waals surface area contributed by atoms with E-state index in [9.17, 15) is 10.1 Å². The Morgan fingerprint density at radius 2 is 2.00 bits per heavy atom. The van der Waals surface area contributed by atoms with Crippen molar-refractivity contribution in [2.24, 2.45) is 5.92 Å². The van der Waals surface area contributed by atoms with Crippen molar-refractivity contribution in [3.05, 3.63) is 40.7 Å². The topological polar surface area (TPSA) is 106 Å². The average Bonchev–Trinajstić information content (AvgIpc) is 2.96. The third-order valence-electron chi connectivity index (χ3n) is 3.54. The van der Waals surface area contributed by atoms with Crippen LogP contribution in [-0.2, 0) is 0 Å². The predicted molar refractivity (Wildman–Crippen MR) is 99.5 cm³/mol. The first-order valence-electron chi connectivity index (χ1n) is 7.90. The molecule has 9 heteroatoms. The Morgan fingerprint density at radius 1 is 1.24 bits per heavy atom. The Labute approximate surface area is 148 Å². The molecule has 0 aliphatic heterocycles. The van der Waals surface area contributed by atoms with Crippen LogP contribution >= 0.6 is 11.3 Å². The zero-order valence-electron chi connectivity index (χ0n) is 13.9. The number of nitrogens with zero attached hydrogens (tertiary/aromatic N) is 4. The van der Waals surface area contributed by atoms with Gasteiger partial charge in [-0.15, -0.1) is 0 Å². The molecule has 3 aromatic rings. The van der Waals surface area contributed by atoms with Crippen molar-refractivity contribution in [1.82, 2.24) is 15.0 Å². The largest absolute Gasteiger partial charge is 0.364 e. The van der Waals surface area contributed by atoms with Crippen molar-refractivity contribution >= 4 is 44.0 Å². The molecule has 2 aromatic heterocycles. The number of thiazole rings is 1. The molecule has 2 heterocycles. The Morgan fingerprint density at radius 3 is 2.72 bits per heavy atom. The zero-order chi connectivity index (χ0) is 17.8. The Kier molecular flexibility index (Phi) is 5.03. The molecular formula is C16H18N6O2S. The second kappa shape index (κ2) is 7.39. The van der Waals surface area contributed by atoms with Gasteiger partial charge < -0.3 is 10.6 Å². The summed E-state index contributed by atoms with van der Waals surface area (Å²) in [6.07, 6.45) is 2.20. The molecular weight excluding hydrogens is 340 g/mol. The summed E-state index contributed by atoms with van der Waals surface area (Å²) in [7, 11) is 0. The first kappa shape index (κ1) is 17.0. The van der Waals surface area contributed by atoms with Gasteiger partial charge in [0.05, 0.1) is 15.1 Å². The summed E-state index contributed by atoms with van der Waals surface area (Å²) < 4.78 is 0.997. The number of anilines is 3. The van der Waals surface area contributed by atoms with E-state index >= 15 is 0 Å². The number of benzene rings is 1. The number of para-hydroxylation sites is 1. The van der Waals surface area contributed by atoms with Crippen molar-refractivity contribution in [1.29, 1.82) is 0 Å². The lowest BCUT2D eigenvalue weighted by Crippen LogP contribution is -2.10. The molecule has 0 spiro atoms. The molecule has 0 unspecified atom stereocenters. The van der Waals surface area contributed by atoms with E-state index in [1.165, 1.54) is 17.7 Å². The van der Waals surface area contributed by atoms with Crippen LogP contribution in [0.15, 0.2) is 30.6 Å². The maximum absolute atomic E-state index is 11.5. The van der Waals surface area contributed by atoms with Gasteiger partial charge in [0.25, 0.3) is 0 Å². The van der Waals surface area contributed by atoms with Crippen molar-refractivity contribution in [2.75, 3.05) is 17.2 Å². The highest BCUT2D eigenvalue weighted by atomic mass is 32.1. The molecule has 0 saturated carbocycles. The normalized spacial score (nSPS) is 11.0. The van der Waals surface area contributed by atoms with Gasteiger partial charge in [-0.05, 0) is 24.5 Å². The Hall–Kier alpha value is -2.81. The van der Waals surface area contributed by atoms with Gasteiger partial charge >= 0.3 is 5.69 Å². The molecule has 0 radical (unpaired) electrons. The number of nitrogens with one attached hydrogen (secondary N) is 2. The molecule has 130 valence electrons. The molecule has 0 saturated heterocycles. The van der Waals surface area contributed by atoms with E-state index in [0.717, 1.165) is 16.6 Å². The van der Waals surface area contributed by atoms with E-state index in [2.05, 4.69) is 39.4 Å². The maximum atomic E-state index is 11.5. The third-order valence-corrected chi connectivity index (χ3v) is 4.49. The van der Waals surface area contributed by atoms with Crippen molar-refractivity contribution in [3.8, 4) is 0 Å². The smallest absolute Gasteiger partial charge is 0.353 e. The summed E-state index contributed by atoms with van der Waals surface area (Å²) in [6.45, 7) is 4.79. The van der Waals surface area contributed by atoms with E-state index in [4.69, 9.17) is 0 Å². The predicted octanol–water partition coefficient (Wildman–Crippen LogP) is 4.20. The molecule has 0 atom stereocenters. The highest BCUT2D eigenvalue weighted by Gasteiger charge is 2.23. The van der Waals surface area contributed by atoms with E-state index in [1.807, 2.05) is 24.3 Å². The summed E-state index contributed by atoms with van der Waals surface area (Å²) >= 11 is 1.41. The molecule has 3 rings (SSSR count). The van der Waals surface area contributed by atoms with E-state index in [1.54, 1.807) is 0 Å². The summed E-state index contributed by atoms with van der Waals surface area (Å²) in [6, 6.07) is 7.67. The lowest BCUT2D eigenvalue weighted by atomic mass is 10.1. The molecule has 8 nitrogen and oxygen atoms in total. The van der Waals surface area contributed by atoms with Crippen LogP contribution in [0.4, 0.5) is 22.5 Å². The lowest BCUT2D eigenvalue weighted by molar-refractivity contribution is -0.383. The Bertz CT molecular complexity index is 862. The molecule has 25 heavy (non-hydrogen) atoms. The van der Waals surface area contributed by atoms with Crippen molar-refractivity contribution in [2.45, 2.75) is 20.3 Å². The molecule has 0 fully saturated rings. The number of nitro groups is 1. The second-order valence-electron chi connectivity index (χ2n) is 5.90. The number of hydrogen-bond acceptors (Lipinski definition) is 8.